The number of para-hydroxylation sites is 1. The van der Waals surface area contributed by atoms with Gasteiger partial charge >= 0.3 is 0 Å². The molecular formula is C25H24BrN3O3. The van der Waals surface area contributed by atoms with E-state index in [1.807, 2.05) is 32.0 Å². The first-order chi connectivity index (χ1) is 15.2. The number of carbonyl (C=O) groups is 3. The van der Waals surface area contributed by atoms with E-state index in [9.17, 15) is 14.4 Å². The standard InChI is InChI=1S/C25H24BrN3O3/c1-16-7-6-8-18(13-16)24(31)28-22-10-5-4-9-20(22)25(32)29(3)15-23(30)27-21-12-11-19(26)14-17(21)2/h4-14H,15H2,1-3H3,(H,27,30)(H,28,31). The molecule has 32 heavy (non-hydrogen) atoms. The van der Waals surface area contributed by atoms with Gasteiger partial charge in [0.05, 0.1) is 17.8 Å². The van der Waals surface area contributed by atoms with Gasteiger partial charge in [-0.2, -0.15) is 0 Å². The fourth-order valence-electron chi connectivity index (χ4n) is 3.21. The molecule has 3 rings (SSSR count). The molecule has 0 aliphatic rings. The molecule has 0 unspecified atom stereocenters. The lowest BCUT2D eigenvalue weighted by Crippen LogP contribution is -2.35. The molecule has 0 fully saturated rings. The maximum Gasteiger partial charge on any atom is 0.256 e. The first kappa shape index (κ1) is 23.2. The third-order valence-corrected chi connectivity index (χ3v) is 5.37. The molecule has 0 aliphatic heterocycles. The Labute approximate surface area is 195 Å². The Morgan fingerprint density at radius 1 is 0.875 bits per heavy atom. The highest BCUT2D eigenvalue weighted by molar-refractivity contribution is 9.10. The average molecular weight is 494 g/mol. The van der Waals surface area contributed by atoms with Crippen molar-refractivity contribution in [1.29, 1.82) is 0 Å². The Hall–Kier alpha value is -3.45. The van der Waals surface area contributed by atoms with Gasteiger partial charge in [-0.05, 0) is 61.9 Å². The maximum absolute atomic E-state index is 13.0. The van der Waals surface area contributed by atoms with Gasteiger partial charge in [-0.1, -0.05) is 45.8 Å². The van der Waals surface area contributed by atoms with Crippen LogP contribution in [0.5, 0.6) is 0 Å². The molecule has 0 atom stereocenters. The van der Waals surface area contributed by atoms with Crippen molar-refractivity contribution >= 4 is 45.0 Å². The smallest absolute Gasteiger partial charge is 0.256 e. The highest BCUT2D eigenvalue weighted by Crippen LogP contribution is 2.21. The van der Waals surface area contributed by atoms with Crippen LogP contribution >= 0.6 is 15.9 Å². The number of aryl methyl sites for hydroxylation is 2. The normalized spacial score (nSPS) is 10.4. The first-order valence-corrected chi connectivity index (χ1v) is 10.8. The molecule has 3 amide bonds. The lowest BCUT2D eigenvalue weighted by atomic mass is 10.1. The van der Waals surface area contributed by atoms with Crippen LogP contribution in [0.3, 0.4) is 0 Å². The van der Waals surface area contributed by atoms with Gasteiger partial charge < -0.3 is 15.5 Å². The third kappa shape index (κ3) is 5.82. The molecule has 164 valence electrons. The van der Waals surface area contributed by atoms with E-state index in [-0.39, 0.29) is 24.3 Å². The molecule has 0 aliphatic carbocycles. The number of hydrogen-bond acceptors (Lipinski definition) is 3. The fourth-order valence-corrected chi connectivity index (χ4v) is 3.68. The second kappa shape index (κ2) is 10.2. The molecule has 7 heteroatoms. The summed E-state index contributed by atoms with van der Waals surface area (Å²) >= 11 is 3.39. The second-order valence-corrected chi connectivity index (χ2v) is 8.45. The van der Waals surface area contributed by atoms with Crippen LogP contribution in [-0.4, -0.2) is 36.2 Å². The monoisotopic (exact) mass is 493 g/mol. The van der Waals surface area contributed by atoms with Gasteiger partial charge in [0.1, 0.15) is 0 Å². The summed E-state index contributed by atoms with van der Waals surface area (Å²) < 4.78 is 0.921. The second-order valence-electron chi connectivity index (χ2n) is 7.54. The van der Waals surface area contributed by atoms with Crippen molar-refractivity contribution in [1.82, 2.24) is 4.90 Å². The number of amides is 3. The molecule has 0 spiro atoms. The zero-order valence-electron chi connectivity index (χ0n) is 18.1. The molecule has 0 radical (unpaired) electrons. The quantitative estimate of drug-likeness (QED) is 0.505. The Balaban J connectivity index is 1.70. The predicted molar refractivity (Wildman–Crippen MR) is 130 cm³/mol. The van der Waals surface area contributed by atoms with E-state index in [1.54, 1.807) is 55.6 Å². The van der Waals surface area contributed by atoms with Gasteiger partial charge in [-0.15, -0.1) is 0 Å². The SMILES string of the molecule is Cc1cccc(C(=O)Nc2ccccc2C(=O)N(C)CC(=O)Nc2ccc(Br)cc2C)c1. The van der Waals surface area contributed by atoms with Crippen LogP contribution in [0.25, 0.3) is 0 Å². The molecule has 2 N–H and O–H groups in total. The number of rotatable bonds is 6. The third-order valence-electron chi connectivity index (χ3n) is 4.88. The zero-order chi connectivity index (χ0) is 23.3. The zero-order valence-corrected chi connectivity index (χ0v) is 19.7. The number of nitrogens with one attached hydrogen (secondary N) is 2. The minimum Gasteiger partial charge on any atom is -0.332 e. The summed E-state index contributed by atoms with van der Waals surface area (Å²) in [6.45, 7) is 3.67. The van der Waals surface area contributed by atoms with Gasteiger partial charge in [0.2, 0.25) is 5.91 Å². The highest BCUT2D eigenvalue weighted by atomic mass is 79.9. The molecule has 0 saturated heterocycles. The number of benzene rings is 3. The van der Waals surface area contributed by atoms with E-state index in [1.165, 1.54) is 4.90 Å². The highest BCUT2D eigenvalue weighted by Gasteiger charge is 2.19. The van der Waals surface area contributed by atoms with Crippen molar-refractivity contribution in [3.05, 3.63) is 93.5 Å². The number of nitrogens with zero attached hydrogens (tertiary/aromatic N) is 1. The molecule has 6 nitrogen and oxygen atoms in total. The lowest BCUT2D eigenvalue weighted by Gasteiger charge is -2.19. The first-order valence-electron chi connectivity index (χ1n) is 10.0. The van der Waals surface area contributed by atoms with E-state index < -0.39 is 0 Å². The molecule has 0 aromatic heterocycles. The van der Waals surface area contributed by atoms with Crippen molar-refractivity contribution in [2.75, 3.05) is 24.2 Å². The van der Waals surface area contributed by atoms with Crippen LogP contribution in [0, 0.1) is 13.8 Å². The maximum atomic E-state index is 13.0. The lowest BCUT2D eigenvalue weighted by molar-refractivity contribution is -0.116. The van der Waals surface area contributed by atoms with Crippen LogP contribution in [0.1, 0.15) is 31.8 Å². The summed E-state index contributed by atoms with van der Waals surface area (Å²) in [6, 6.07) is 19.5. The van der Waals surface area contributed by atoms with Crippen molar-refractivity contribution in [2.24, 2.45) is 0 Å². The fraction of sp³-hybridized carbons (Fsp3) is 0.160. The summed E-state index contributed by atoms with van der Waals surface area (Å²) in [5.74, 6) is -0.986. The van der Waals surface area contributed by atoms with Crippen LogP contribution in [0.15, 0.2) is 71.2 Å². The summed E-state index contributed by atoms with van der Waals surface area (Å²) in [5.41, 5.74) is 3.76. The predicted octanol–water partition coefficient (Wildman–Crippen LogP) is 5.03. The number of anilines is 2. The van der Waals surface area contributed by atoms with E-state index in [2.05, 4.69) is 26.6 Å². The van der Waals surface area contributed by atoms with Crippen LogP contribution in [0.2, 0.25) is 0 Å². The molecule has 0 heterocycles. The van der Waals surface area contributed by atoms with E-state index >= 15 is 0 Å². The number of halogens is 1. The Kier molecular flexibility index (Phi) is 7.43. The van der Waals surface area contributed by atoms with Crippen LogP contribution in [-0.2, 0) is 4.79 Å². The Bertz CT molecular complexity index is 1180. The summed E-state index contributed by atoms with van der Waals surface area (Å²) in [4.78, 5) is 39.5. The van der Waals surface area contributed by atoms with Gasteiger partial charge in [0, 0.05) is 22.8 Å². The average Bonchev–Trinajstić information content (AvgIpc) is 2.75. The molecule has 3 aromatic rings. The van der Waals surface area contributed by atoms with E-state index in [0.717, 1.165) is 15.6 Å². The largest absolute Gasteiger partial charge is 0.332 e. The molecular weight excluding hydrogens is 470 g/mol. The Morgan fingerprint density at radius 2 is 1.62 bits per heavy atom. The summed E-state index contributed by atoms with van der Waals surface area (Å²) in [5, 5.41) is 5.63. The number of likely N-dealkylation sites (N-methyl/N-ethyl adjacent to an activating group) is 1. The van der Waals surface area contributed by atoms with Crippen molar-refractivity contribution in [3.8, 4) is 0 Å². The summed E-state index contributed by atoms with van der Waals surface area (Å²) in [7, 11) is 1.55. The number of hydrogen-bond donors (Lipinski definition) is 2. The number of carbonyl (C=O) groups excluding carboxylic acids is 3. The molecule has 0 saturated carbocycles. The van der Waals surface area contributed by atoms with Crippen molar-refractivity contribution in [3.63, 3.8) is 0 Å². The van der Waals surface area contributed by atoms with E-state index in [0.29, 0.717) is 22.5 Å². The van der Waals surface area contributed by atoms with Crippen LogP contribution in [0.4, 0.5) is 11.4 Å². The minimum atomic E-state index is -0.368. The van der Waals surface area contributed by atoms with Crippen LogP contribution < -0.4 is 10.6 Å². The summed E-state index contributed by atoms with van der Waals surface area (Å²) in [6.07, 6.45) is 0. The minimum absolute atomic E-state index is 0.130. The van der Waals surface area contributed by atoms with Gasteiger partial charge in [0.25, 0.3) is 11.8 Å². The van der Waals surface area contributed by atoms with E-state index in [4.69, 9.17) is 0 Å². The molecule has 3 aromatic carbocycles. The molecule has 0 bridgehead atoms. The topological polar surface area (TPSA) is 78.5 Å². The van der Waals surface area contributed by atoms with Gasteiger partial charge in [-0.25, -0.2) is 0 Å². The van der Waals surface area contributed by atoms with Crippen molar-refractivity contribution in [2.45, 2.75) is 13.8 Å². The van der Waals surface area contributed by atoms with Gasteiger partial charge in [-0.3, -0.25) is 14.4 Å². The van der Waals surface area contributed by atoms with Gasteiger partial charge in [0.15, 0.2) is 0 Å². The Morgan fingerprint density at radius 3 is 2.34 bits per heavy atom. The van der Waals surface area contributed by atoms with Crippen molar-refractivity contribution < 1.29 is 14.4 Å².